The number of anilines is 6. The highest BCUT2D eigenvalue weighted by molar-refractivity contribution is 6.42. The molecule has 0 spiro atoms. The number of nitriles is 1. The van der Waals surface area contributed by atoms with Gasteiger partial charge in [-0.25, -0.2) is 9.32 Å². The maximum atomic E-state index is 17.0. The summed E-state index contributed by atoms with van der Waals surface area (Å²) in [5, 5.41) is 17.6. The number of benzene rings is 12. The van der Waals surface area contributed by atoms with Crippen LogP contribution in [0.2, 0.25) is 0 Å². The van der Waals surface area contributed by atoms with Crippen LogP contribution in [0.1, 0.15) is 11.1 Å². The minimum atomic E-state index is -1.51. The number of allylic oxidation sites excluding steroid dienone is 1. The molecule has 0 N–H and O–H groups in total. The molecule has 0 unspecified atom stereocenters. The third-order valence-electron chi connectivity index (χ3n) is 19.5. The standard InChI is InChI=1S/C86H56B2FN10O2/c1-91-84(62-34-48-70(49-35-62)97(68-44-30-58(31-45-68)72-17-5-7-23-79(72)101-3)65-38-24-55(25-39-65)63-36-50-80-92-85-73-18-8-12-60-14-10-20-76(82(60)73)98(85)87-94(80)53-63)75(52-90)59-32-46-69(47-33-59)96(67-42-28-57(29-43-67)71-16-4-6-22-78(71)100-2)66-40-26-56(27-41-66)64-37-51-81-93-86-74-19-9-13-61-15-11-21-77(83(61)74)99(86)88(89)95(81)54-64/h4-51,53-54H,2-3H3/q+2/b84-75-. The van der Waals surface area contributed by atoms with Crippen molar-refractivity contribution in [2.75, 3.05) is 24.0 Å². The molecule has 4 aromatic heterocycles. The SMILES string of the molecule is [C-]#[N+]/C(=C(/C#N)c1ccc(N(c2ccc(-c3ccc4[n+](c3)B(F)n3c(c5cccc6cccc3c65)=N4)cc2)c2ccc(-c3ccccc3OC)cc2)cc1)c1ccc(N(c2ccc(-c3ccc4[n+](c3)[B]n3c(c5cccc6cccc3c65)=N4)cc2)c2ccc(-c3ccccc3OC)cc2)cc1. The van der Waals surface area contributed by atoms with E-state index in [2.05, 4.69) is 183 Å². The number of rotatable bonds is 14. The molecule has 16 aromatic rings. The van der Waals surface area contributed by atoms with Crippen LogP contribution in [0.4, 0.5) is 50.1 Å². The molecule has 2 aliphatic heterocycles. The smallest absolute Gasteiger partial charge is 0.496 e. The number of hydrogen-bond acceptors (Lipinski definition) is 7. The largest absolute Gasteiger partial charge is 0.727 e. The Labute approximate surface area is 582 Å². The van der Waals surface area contributed by atoms with Gasteiger partial charge in [0.05, 0.1) is 55.6 Å². The minimum Gasteiger partial charge on any atom is -0.496 e. The zero-order valence-corrected chi connectivity index (χ0v) is 54.7. The van der Waals surface area contributed by atoms with Crippen molar-refractivity contribution in [3.05, 3.63) is 337 Å². The Bertz CT molecular complexity index is 6230. The van der Waals surface area contributed by atoms with Gasteiger partial charge in [-0.3, -0.25) is 13.3 Å². The van der Waals surface area contributed by atoms with Gasteiger partial charge in [-0.15, -0.1) is 0 Å². The van der Waals surface area contributed by atoms with Crippen LogP contribution in [-0.2, 0) is 0 Å². The molecule has 473 valence electrons. The maximum Gasteiger partial charge on any atom is 0.727 e. The van der Waals surface area contributed by atoms with Gasteiger partial charge in [0.1, 0.15) is 11.5 Å². The van der Waals surface area contributed by atoms with E-state index in [1.54, 1.807) is 23.2 Å². The molecule has 0 bridgehead atoms. The molecular formula is C86H56B2FN10O2+2. The van der Waals surface area contributed by atoms with E-state index in [1.165, 1.54) is 10.8 Å². The van der Waals surface area contributed by atoms with Crippen molar-refractivity contribution in [2.24, 2.45) is 9.98 Å². The summed E-state index contributed by atoms with van der Waals surface area (Å²) in [4.78, 5) is 18.6. The van der Waals surface area contributed by atoms with Gasteiger partial charge in [-0.1, -0.05) is 158 Å². The molecule has 12 nitrogen and oxygen atoms in total. The van der Waals surface area contributed by atoms with Crippen LogP contribution in [0.15, 0.2) is 314 Å². The average Bonchev–Trinajstić information content (AvgIpc) is 1.57. The van der Waals surface area contributed by atoms with Gasteiger partial charge in [0.25, 0.3) is 0 Å². The zero-order chi connectivity index (χ0) is 67.8. The van der Waals surface area contributed by atoms with Crippen molar-refractivity contribution in [1.29, 1.82) is 5.26 Å². The summed E-state index contributed by atoms with van der Waals surface area (Å²) in [5.74, 6) is 2.94. The number of nitrogens with zero attached hydrogens (tertiary/aromatic N) is 10. The molecule has 2 aliphatic rings. The molecule has 6 heterocycles. The highest BCUT2D eigenvalue weighted by atomic mass is 19.1. The Morgan fingerprint density at radius 3 is 1.41 bits per heavy atom. The Balaban J connectivity index is 0.659. The van der Waals surface area contributed by atoms with Crippen LogP contribution in [0.3, 0.4) is 0 Å². The van der Waals surface area contributed by atoms with Crippen LogP contribution in [0, 0.1) is 17.9 Å². The summed E-state index contributed by atoms with van der Waals surface area (Å²) < 4.78 is 36.1. The summed E-state index contributed by atoms with van der Waals surface area (Å²) in [7, 11) is 3.97. The monoisotopic (exact) mass is 1300 g/mol. The van der Waals surface area contributed by atoms with Crippen LogP contribution in [-0.4, -0.2) is 38.0 Å². The lowest BCUT2D eigenvalue weighted by atomic mass is 9.99. The Morgan fingerprint density at radius 2 is 0.891 bits per heavy atom. The molecule has 18 rings (SSSR count). The van der Waals surface area contributed by atoms with E-state index >= 15 is 4.32 Å². The molecule has 1 radical (unpaired) electrons. The van der Waals surface area contributed by atoms with E-state index in [0.29, 0.717) is 22.4 Å². The van der Waals surface area contributed by atoms with E-state index in [-0.39, 0.29) is 11.3 Å². The highest BCUT2D eigenvalue weighted by Gasteiger charge is 2.40. The van der Waals surface area contributed by atoms with Crippen molar-refractivity contribution >= 4 is 115 Å². The van der Waals surface area contributed by atoms with Gasteiger partial charge >= 0.3 is 26.4 Å². The normalized spacial score (nSPS) is 12.3. The molecule has 0 aliphatic carbocycles. The third-order valence-corrected chi connectivity index (χ3v) is 19.5. The zero-order valence-electron chi connectivity index (χ0n) is 54.7. The maximum absolute atomic E-state index is 17.0. The third kappa shape index (κ3) is 10.1. The second-order valence-corrected chi connectivity index (χ2v) is 25.1. The highest BCUT2D eigenvalue weighted by Crippen LogP contribution is 2.43. The van der Waals surface area contributed by atoms with Gasteiger partial charge in [0.2, 0.25) is 16.7 Å². The molecule has 12 aromatic carbocycles. The van der Waals surface area contributed by atoms with Gasteiger partial charge < -0.3 is 23.8 Å². The van der Waals surface area contributed by atoms with E-state index < -0.39 is 7.26 Å². The molecule has 101 heavy (non-hydrogen) atoms. The van der Waals surface area contributed by atoms with Crippen molar-refractivity contribution in [2.45, 2.75) is 0 Å². The summed E-state index contributed by atoms with van der Waals surface area (Å²) in [5.41, 5.74) is 18.1. The van der Waals surface area contributed by atoms with Crippen molar-refractivity contribution < 1.29 is 22.7 Å². The molecular weight excluding hydrogens is 1250 g/mol. The van der Waals surface area contributed by atoms with Gasteiger partial charge in [-0.2, -0.15) is 5.26 Å². The Hall–Kier alpha value is -13.6. The van der Waals surface area contributed by atoms with E-state index in [9.17, 15) is 5.26 Å². The number of ether oxygens (including phenoxy) is 2. The summed E-state index contributed by atoms with van der Waals surface area (Å²) in [6.07, 6.45) is 3.97. The van der Waals surface area contributed by atoms with Crippen LogP contribution >= 0.6 is 0 Å². The van der Waals surface area contributed by atoms with Gasteiger partial charge in [0, 0.05) is 90.3 Å². The fraction of sp³-hybridized carbons (Fsp3) is 0.0233. The van der Waals surface area contributed by atoms with Crippen molar-refractivity contribution in [1.82, 2.24) is 8.96 Å². The first-order valence-corrected chi connectivity index (χ1v) is 33.2. The lowest BCUT2D eigenvalue weighted by Crippen LogP contribution is -2.58. The number of methoxy groups -OCH3 is 2. The molecule has 0 saturated carbocycles. The number of fused-ring (bicyclic) bond motifs is 8. The lowest BCUT2D eigenvalue weighted by Gasteiger charge is -2.26. The summed E-state index contributed by atoms with van der Waals surface area (Å²) in [6.45, 7) is 8.62. The fourth-order valence-electron chi connectivity index (χ4n) is 14.7. The predicted molar refractivity (Wildman–Crippen MR) is 402 cm³/mol. The topological polar surface area (TPSA) is 95.4 Å². The first-order chi connectivity index (χ1) is 49.8. The number of pyridine rings is 2. The number of aromatic nitrogens is 4. The minimum absolute atomic E-state index is 0.228. The Kier molecular flexibility index (Phi) is 14.5. The molecule has 0 atom stereocenters. The van der Waals surface area contributed by atoms with E-state index in [0.717, 1.165) is 134 Å². The van der Waals surface area contributed by atoms with Crippen LogP contribution in [0.25, 0.3) is 104 Å². The quantitative estimate of drug-likeness (QED) is 0.0468. The molecule has 0 amide bonds. The summed E-state index contributed by atoms with van der Waals surface area (Å²) >= 11 is 0. The van der Waals surface area contributed by atoms with Gasteiger partial charge in [-0.05, 0) is 175 Å². The fourth-order valence-corrected chi connectivity index (χ4v) is 14.7. The second-order valence-electron chi connectivity index (χ2n) is 25.1. The summed E-state index contributed by atoms with van der Waals surface area (Å²) in [6, 6.07) is 100. The van der Waals surface area contributed by atoms with Crippen molar-refractivity contribution in [3.8, 4) is 62.1 Å². The van der Waals surface area contributed by atoms with Gasteiger partial charge in [0.15, 0.2) is 0 Å². The average molecular weight is 1300 g/mol. The van der Waals surface area contributed by atoms with Crippen LogP contribution < -0.4 is 39.2 Å². The Morgan fingerprint density at radius 1 is 0.465 bits per heavy atom. The molecule has 0 saturated heterocycles. The predicted octanol–water partition coefficient (Wildman–Crippen LogP) is 18.7. The number of hydrogen-bond donors (Lipinski definition) is 0. The first-order valence-electron chi connectivity index (χ1n) is 33.2. The number of halogens is 1. The van der Waals surface area contributed by atoms with Crippen molar-refractivity contribution in [3.63, 3.8) is 0 Å². The molecule has 15 heteroatoms. The number of para-hydroxylation sites is 2. The lowest BCUT2D eigenvalue weighted by molar-refractivity contribution is -0.535. The van der Waals surface area contributed by atoms with Crippen LogP contribution in [0.5, 0.6) is 11.5 Å². The second kappa shape index (κ2) is 24.5. The molecule has 0 fully saturated rings. The van der Waals surface area contributed by atoms with E-state index in [4.69, 9.17) is 26.0 Å². The first kappa shape index (κ1) is 59.8. The van der Waals surface area contributed by atoms with E-state index in [1.807, 2.05) is 158 Å².